The van der Waals surface area contributed by atoms with Crippen molar-refractivity contribution in [3.8, 4) is 0 Å². The van der Waals surface area contributed by atoms with E-state index in [0.717, 1.165) is 0 Å². The number of carbonyl (C=O) groups excluding carboxylic acids is 1. The summed E-state index contributed by atoms with van der Waals surface area (Å²) in [5.74, 6) is -3.34. The first kappa shape index (κ1) is 17.8. The maximum absolute atomic E-state index is 13.7. The number of rotatable bonds is 3. The third-order valence-corrected chi connectivity index (χ3v) is 4.51. The van der Waals surface area contributed by atoms with Gasteiger partial charge < -0.3 is 5.32 Å². The molecule has 8 heteroatoms. The molecular weight excluding hydrogens is 324 g/mol. The minimum absolute atomic E-state index is 0.284. The standard InChI is InChI=1S/C13H16ClF2NO3S/c1-7(13(2,3)4)17-12(18)8-5-11(21(14,19)20)10(16)6-9(8)15/h5-7H,1-4H3,(H,17,18). The lowest BCUT2D eigenvalue weighted by Crippen LogP contribution is -2.41. The maximum Gasteiger partial charge on any atom is 0.264 e. The van der Waals surface area contributed by atoms with Crippen LogP contribution < -0.4 is 5.32 Å². The molecule has 0 aromatic heterocycles. The Morgan fingerprint density at radius 2 is 1.76 bits per heavy atom. The first-order valence-corrected chi connectivity index (χ1v) is 8.39. The molecular formula is C13H16ClF2NO3S. The maximum atomic E-state index is 13.7. The number of amides is 1. The fourth-order valence-corrected chi connectivity index (χ4v) is 2.29. The molecule has 0 saturated carbocycles. The van der Waals surface area contributed by atoms with E-state index in [4.69, 9.17) is 10.7 Å². The van der Waals surface area contributed by atoms with Gasteiger partial charge in [-0.3, -0.25) is 4.79 Å². The van der Waals surface area contributed by atoms with Crippen LogP contribution in [0.2, 0.25) is 0 Å². The van der Waals surface area contributed by atoms with E-state index < -0.39 is 37.1 Å². The summed E-state index contributed by atoms with van der Waals surface area (Å²) in [5.41, 5.74) is -0.861. The second-order valence-corrected chi connectivity index (χ2v) is 8.30. The summed E-state index contributed by atoms with van der Waals surface area (Å²) in [4.78, 5) is 11.1. The number of benzene rings is 1. The zero-order valence-corrected chi connectivity index (χ0v) is 13.6. The zero-order valence-electron chi connectivity index (χ0n) is 12.0. The predicted molar refractivity (Wildman–Crippen MR) is 75.8 cm³/mol. The Balaban J connectivity index is 3.23. The van der Waals surface area contributed by atoms with Crippen LogP contribution in [-0.2, 0) is 9.05 Å². The van der Waals surface area contributed by atoms with E-state index in [1.807, 2.05) is 20.8 Å². The molecule has 1 rings (SSSR count). The highest BCUT2D eigenvalue weighted by Gasteiger charge is 2.26. The molecule has 0 aliphatic rings. The van der Waals surface area contributed by atoms with Gasteiger partial charge >= 0.3 is 0 Å². The van der Waals surface area contributed by atoms with Crippen LogP contribution in [0.3, 0.4) is 0 Å². The third-order valence-electron chi connectivity index (χ3n) is 3.18. The fraction of sp³-hybridized carbons (Fsp3) is 0.462. The van der Waals surface area contributed by atoms with E-state index in [2.05, 4.69) is 5.32 Å². The lowest BCUT2D eigenvalue weighted by atomic mass is 9.88. The van der Waals surface area contributed by atoms with Gasteiger partial charge in [0, 0.05) is 22.8 Å². The summed E-state index contributed by atoms with van der Waals surface area (Å²) < 4.78 is 49.5. The lowest BCUT2D eigenvalue weighted by Gasteiger charge is -2.28. The Morgan fingerprint density at radius 1 is 1.24 bits per heavy atom. The minimum atomic E-state index is -4.41. The SMILES string of the molecule is CC(NC(=O)c1cc(S(=O)(=O)Cl)c(F)cc1F)C(C)(C)C. The summed E-state index contributed by atoms with van der Waals surface area (Å²) in [6.07, 6.45) is 0. The van der Waals surface area contributed by atoms with Crippen molar-refractivity contribution in [2.75, 3.05) is 0 Å². The van der Waals surface area contributed by atoms with Gasteiger partial charge in [0.2, 0.25) is 0 Å². The van der Waals surface area contributed by atoms with Gasteiger partial charge in [0.15, 0.2) is 0 Å². The Labute approximate surface area is 126 Å². The Hall–Kier alpha value is -1.21. The van der Waals surface area contributed by atoms with Gasteiger partial charge in [-0.05, 0) is 18.4 Å². The van der Waals surface area contributed by atoms with E-state index in [1.165, 1.54) is 0 Å². The molecule has 0 fully saturated rings. The quantitative estimate of drug-likeness (QED) is 0.861. The van der Waals surface area contributed by atoms with Crippen molar-refractivity contribution in [1.82, 2.24) is 5.32 Å². The first-order chi connectivity index (χ1) is 9.34. The van der Waals surface area contributed by atoms with E-state index in [1.54, 1.807) is 6.92 Å². The molecule has 1 amide bonds. The smallest absolute Gasteiger partial charge is 0.264 e. The molecule has 118 valence electrons. The highest BCUT2D eigenvalue weighted by Crippen LogP contribution is 2.24. The molecule has 0 radical (unpaired) electrons. The molecule has 1 aromatic carbocycles. The summed E-state index contributed by atoms with van der Waals surface area (Å²) in [5, 5.41) is 2.54. The van der Waals surface area contributed by atoms with Gasteiger partial charge in [-0.2, -0.15) is 0 Å². The lowest BCUT2D eigenvalue weighted by molar-refractivity contribution is 0.0905. The molecule has 0 saturated heterocycles. The monoisotopic (exact) mass is 339 g/mol. The molecule has 1 N–H and O–H groups in total. The predicted octanol–water partition coefficient (Wildman–Crippen LogP) is 3.06. The van der Waals surface area contributed by atoms with Crippen LogP contribution in [-0.4, -0.2) is 20.4 Å². The summed E-state index contributed by atoms with van der Waals surface area (Å²) in [6.45, 7) is 7.33. The van der Waals surface area contributed by atoms with Crippen LogP contribution in [0.25, 0.3) is 0 Å². The summed E-state index contributed by atoms with van der Waals surface area (Å²) in [6, 6.07) is 0.606. The van der Waals surface area contributed by atoms with Crippen molar-refractivity contribution in [1.29, 1.82) is 0 Å². The molecule has 0 aliphatic carbocycles. The Kier molecular flexibility index (Phi) is 5.00. The van der Waals surface area contributed by atoms with Crippen LogP contribution in [0.15, 0.2) is 17.0 Å². The zero-order chi connectivity index (χ0) is 16.6. The molecule has 0 heterocycles. The Morgan fingerprint density at radius 3 is 2.19 bits per heavy atom. The van der Waals surface area contributed by atoms with Crippen LogP contribution >= 0.6 is 10.7 Å². The van der Waals surface area contributed by atoms with E-state index in [0.29, 0.717) is 12.1 Å². The van der Waals surface area contributed by atoms with Crippen LogP contribution in [0.1, 0.15) is 38.1 Å². The Bertz CT molecular complexity index is 669. The number of hydrogen-bond acceptors (Lipinski definition) is 3. The van der Waals surface area contributed by atoms with E-state index >= 15 is 0 Å². The van der Waals surface area contributed by atoms with Gasteiger partial charge in [0.1, 0.15) is 16.5 Å². The second-order valence-electron chi connectivity index (χ2n) is 5.76. The minimum Gasteiger partial charge on any atom is -0.349 e. The molecule has 0 spiro atoms. The van der Waals surface area contributed by atoms with Crippen molar-refractivity contribution < 1.29 is 22.0 Å². The first-order valence-electron chi connectivity index (χ1n) is 6.08. The van der Waals surface area contributed by atoms with Gasteiger partial charge in [0.25, 0.3) is 15.0 Å². The van der Waals surface area contributed by atoms with Crippen molar-refractivity contribution in [3.63, 3.8) is 0 Å². The van der Waals surface area contributed by atoms with E-state index in [-0.39, 0.29) is 11.5 Å². The molecule has 1 unspecified atom stereocenters. The third kappa shape index (κ3) is 4.38. The van der Waals surface area contributed by atoms with Crippen molar-refractivity contribution in [3.05, 3.63) is 29.3 Å². The molecule has 21 heavy (non-hydrogen) atoms. The largest absolute Gasteiger partial charge is 0.349 e. The summed E-state index contributed by atoms with van der Waals surface area (Å²) in [7, 11) is 0.637. The number of halogens is 3. The van der Waals surface area contributed by atoms with Crippen molar-refractivity contribution >= 4 is 25.6 Å². The molecule has 1 aromatic rings. The molecule has 4 nitrogen and oxygen atoms in total. The van der Waals surface area contributed by atoms with Crippen LogP contribution in [0.4, 0.5) is 8.78 Å². The van der Waals surface area contributed by atoms with Crippen molar-refractivity contribution in [2.45, 2.75) is 38.6 Å². The van der Waals surface area contributed by atoms with Gasteiger partial charge in [-0.1, -0.05) is 20.8 Å². The molecule has 0 aliphatic heterocycles. The molecule has 1 atom stereocenters. The average Bonchev–Trinajstić information content (AvgIpc) is 2.25. The average molecular weight is 340 g/mol. The number of carbonyl (C=O) groups is 1. The van der Waals surface area contributed by atoms with Crippen molar-refractivity contribution in [2.24, 2.45) is 5.41 Å². The fourth-order valence-electron chi connectivity index (χ4n) is 1.38. The number of nitrogens with one attached hydrogen (secondary N) is 1. The second kappa shape index (κ2) is 5.88. The molecule has 0 bridgehead atoms. The van der Waals surface area contributed by atoms with Gasteiger partial charge in [0.05, 0.1) is 5.56 Å². The number of hydrogen-bond donors (Lipinski definition) is 1. The van der Waals surface area contributed by atoms with Crippen LogP contribution in [0.5, 0.6) is 0 Å². The normalized spacial score (nSPS) is 13.9. The van der Waals surface area contributed by atoms with Gasteiger partial charge in [-0.15, -0.1) is 0 Å². The highest BCUT2D eigenvalue weighted by atomic mass is 35.7. The van der Waals surface area contributed by atoms with Gasteiger partial charge in [-0.25, -0.2) is 17.2 Å². The van der Waals surface area contributed by atoms with Crippen LogP contribution in [0, 0.1) is 17.0 Å². The summed E-state index contributed by atoms with van der Waals surface area (Å²) >= 11 is 0. The highest BCUT2D eigenvalue weighted by molar-refractivity contribution is 8.13. The topological polar surface area (TPSA) is 63.2 Å². The van der Waals surface area contributed by atoms with E-state index in [9.17, 15) is 22.0 Å².